The Kier molecular flexibility index (Phi) is 10.2. The average molecular weight is 615 g/mol. The van der Waals surface area contributed by atoms with E-state index < -0.39 is 39.2 Å². The molecule has 1 saturated heterocycles. The highest BCUT2D eigenvalue weighted by Gasteiger charge is 2.41. The van der Waals surface area contributed by atoms with Gasteiger partial charge in [-0.05, 0) is 74.6 Å². The number of hydrogen-bond acceptors (Lipinski definition) is 8. The Balaban J connectivity index is 1.51. The number of hydrogen-bond donors (Lipinski definition) is 2. The summed E-state index contributed by atoms with van der Waals surface area (Å²) in [6.07, 6.45) is 1.29. The normalized spacial score (nSPS) is 18.3. The van der Waals surface area contributed by atoms with Gasteiger partial charge in [0.15, 0.2) is 5.67 Å². The minimum Gasteiger partial charge on any atom is -0.381 e. The predicted molar refractivity (Wildman–Crippen MR) is 150 cm³/mol. The Labute approximate surface area is 241 Å². The number of thioether (sulfide) groups is 1. The quantitative estimate of drug-likeness (QED) is 0.189. The summed E-state index contributed by atoms with van der Waals surface area (Å²) in [4.78, 5) is 25.8. The number of anilines is 1. The summed E-state index contributed by atoms with van der Waals surface area (Å²) < 4.78 is 69.4. The van der Waals surface area contributed by atoms with Gasteiger partial charge in [0, 0.05) is 52.5 Å². The number of nitrogens with one attached hydrogen (secondary N) is 2. The first-order valence-electron chi connectivity index (χ1n) is 13.5. The minimum absolute atomic E-state index is 0.0650. The number of benzene rings is 2. The van der Waals surface area contributed by atoms with Crippen molar-refractivity contribution in [1.82, 2.24) is 9.62 Å². The van der Waals surface area contributed by atoms with E-state index in [2.05, 4.69) is 5.32 Å². The van der Waals surface area contributed by atoms with Gasteiger partial charge in [-0.1, -0.05) is 6.42 Å². The molecule has 14 heteroatoms. The lowest BCUT2D eigenvalue weighted by Gasteiger charge is -2.35. The smallest absolute Gasteiger partial charge is 0.271 e. The second kappa shape index (κ2) is 13.4. The Morgan fingerprint density at radius 3 is 2.46 bits per heavy atom. The summed E-state index contributed by atoms with van der Waals surface area (Å²) in [5, 5.41) is 14.7. The van der Waals surface area contributed by atoms with E-state index in [9.17, 15) is 32.1 Å². The molecule has 1 aliphatic heterocycles. The first-order chi connectivity index (χ1) is 19.4. The van der Waals surface area contributed by atoms with Crippen molar-refractivity contribution in [2.75, 3.05) is 30.7 Å². The highest BCUT2D eigenvalue weighted by Crippen LogP contribution is 2.33. The van der Waals surface area contributed by atoms with Gasteiger partial charge in [-0.15, -0.1) is 11.8 Å². The van der Waals surface area contributed by atoms with Gasteiger partial charge >= 0.3 is 0 Å². The van der Waals surface area contributed by atoms with Crippen LogP contribution >= 0.6 is 11.8 Å². The highest BCUT2D eigenvalue weighted by atomic mass is 32.2. The number of carbonyl (C=O) groups is 1. The lowest BCUT2D eigenvalue weighted by atomic mass is 9.86. The molecule has 2 N–H and O–H groups in total. The maximum absolute atomic E-state index is 15.0. The Bertz CT molecular complexity index is 1330. The number of likely N-dealkylation sites (tertiary alicyclic amines) is 1. The molecule has 224 valence electrons. The molecule has 2 fully saturated rings. The molecule has 9 nitrogen and oxygen atoms in total. The predicted octanol–water partition coefficient (Wildman–Crippen LogP) is 4.70. The highest BCUT2D eigenvalue weighted by molar-refractivity contribution is 7.99. The van der Waals surface area contributed by atoms with E-state index in [0.29, 0.717) is 50.3 Å². The van der Waals surface area contributed by atoms with Crippen LogP contribution in [-0.2, 0) is 21.4 Å². The molecule has 2 aromatic carbocycles. The fraction of sp³-hybridized carbons (Fsp3) is 0.519. The third-order valence-corrected chi connectivity index (χ3v) is 9.80. The van der Waals surface area contributed by atoms with Crippen LogP contribution in [0.15, 0.2) is 52.3 Å². The van der Waals surface area contributed by atoms with Gasteiger partial charge in [0.2, 0.25) is 6.54 Å². The Hall–Kier alpha value is -2.84. The van der Waals surface area contributed by atoms with Crippen molar-refractivity contribution in [3.05, 3.63) is 64.0 Å². The summed E-state index contributed by atoms with van der Waals surface area (Å²) in [5.41, 5.74) is -1.87. The maximum atomic E-state index is 15.0. The second-order valence-electron chi connectivity index (χ2n) is 10.5. The first-order valence-corrected chi connectivity index (χ1v) is 15.9. The molecular weight excluding hydrogens is 581 g/mol. The zero-order valence-electron chi connectivity index (χ0n) is 22.4. The molecule has 1 aliphatic carbocycles. The molecule has 0 radical (unpaired) electrons. The number of carbonyl (C=O) groups excluding carboxylic acids is 1. The van der Waals surface area contributed by atoms with Crippen LogP contribution in [0.3, 0.4) is 0 Å². The summed E-state index contributed by atoms with van der Waals surface area (Å²) >= 11 is 1.45. The molecule has 1 amide bonds. The molecule has 41 heavy (non-hydrogen) atoms. The van der Waals surface area contributed by atoms with Gasteiger partial charge in [-0.25, -0.2) is 26.3 Å². The summed E-state index contributed by atoms with van der Waals surface area (Å²) in [7, 11) is -4.49. The van der Waals surface area contributed by atoms with Crippen LogP contribution in [0.2, 0.25) is 0 Å². The summed E-state index contributed by atoms with van der Waals surface area (Å²) in [5.74, 6) is -1.10. The lowest BCUT2D eigenvalue weighted by molar-refractivity contribution is -0.496. The van der Waals surface area contributed by atoms with Crippen LogP contribution in [0, 0.1) is 15.9 Å². The van der Waals surface area contributed by atoms with Crippen molar-refractivity contribution in [3.63, 3.8) is 0 Å². The van der Waals surface area contributed by atoms with E-state index >= 15 is 4.39 Å². The molecule has 4 rings (SSSR count). The third-order valence-electron chi connectivity index (χ3n) is 7.30. The van der Waals surface area contributed by atoms with Crippen LogP contribution in [0.5, 0.6) is 0 Å². The van der Waals surface area contributed by atoms with E-state index in [1.165, 1.54) is 36.0 Å². The van der Waals surface area contributed by atoms with Crippen molar-refractivity contribution in [1.29, 1.82) is 0 Å². The number of amides is 1. The summed E-state index contributed by atoms with van der Waals surface area (Å²) in [6.45, 7) is 0.558. The zero-order chi connectivity index (χ0) is 29.6. The monoisotopic (exact) mass is 614 g/mol. The standard InChI is InChI=1S/C27H33F3N4O5S2/c28-20-4-6-23(7-5-20)40-18-22(10-13-33-16-21(29)17-33)31-25-9-8-24(14-19(25)15-34(36)37)41(38,39)32-26(35)27(30)11-2-1-3-12-27/h4-9,14,21-22,31H,1-3,10-13,15-18H2,(H,32,35)/t22-/m1/s1. The minimum atomic E-state index is -4.49. The van der Waals surface area contributed by atoms with E-state index in [1.807, 2.05) is 9.62 Å². The topological polar surface area (TPSA) is 122 Å². The van der Waals surface area contributed by atoms with E-state index in [1.54, 1.807) is 12.1 Å². The zero-order valence-corrected chi connectivity index (χ0v) is 24.0. The number of halogens is 3. The van der Waals surface area contributed by atoms with Gasteiger partial charge in [-0.2, -0.15) is 0 Å². The van der Waals surface area contributed by atoms with Crippen LogP contribution in [0.25, 0.3) is 0 Å². The van der Waals surface area contributed by atoms with Gasteiger partial charge in [0.25, 0.3) is 15.9 Å². The molecule has 0 aromatic heterocycles. The van der Waals surface area contributed by atoms with Crippen molar-refractivity contribution in [3.8, 4) is 0 Å². The molecule has 0 bridgehead atoms. The number of rotatable bonds is 13. The number of nitro groups is 1. The van der Waals surface area contributed by atoms with Crippen molar-refractivity contribution in [2.45, 2.75) is 72.7 Å². The van der Waals surface area contributed by atoms with Crippen LogP contribution in [-0.4, -0.2) is 67.4 Å². The fourth-order valence-electron chi connectivity index (χ4n) is 4.93. The van der Waals surface area contributed by atoms with Crippen LogP contribution in [0.4, 0.5) is 18.9 Å². The fourth-order valence-corrected chi connectivity index (χ4v) is 6.99. The van der Waals surface area contributed by atoms with E-state index in [4.69, 9.17) is 0 Å². The van der Waals surface area contributed by atoms with Gasteiger partial charge in [0.1, 0.15) is 12.0 Å². The molecular formula is C27H33F3N4O5S2. The lowest BCUT2D eigenvalue weighted by Crippen LogP contribution is -2.49. The van der Waals surface area contributed by atoms with Crippen molar-refractivity contribution < 1.29 is 31.3 Å². The Morgan fingerprint density at radius 2 is 1.83 bits per heavy atom. The number of nitrogens with zero attached hydrogens (tertiary/aromatic N) is 2. The largest absolute Gasteiger partial charge is 0.381 e. The van der Waals surface area contributed by atoms with Gasteiger partial charge < -0.3 is 5.32 Å². The molecule has 2 aliphatic rings. The van der Waals surface area contributed by atoms with Crippen LogP contribution < -0.4 is 10.0 Å². The molecule has 0 unspecified atom stereocenters. The third kappa shape index (κ3) is 8.58. The van der Waals surface area contributed by atoms with E-state index in [-0.39, 0.29) is 35.2 Å². The summed E-state index contributed by atoms with van der Waals surface area (Å²) in [6, 6.07) is 9.42. The Morgan fingerprint density at radius 1 is 1.15 bits per heavy atom. The molecule has 1 atom stereocenters. The first kappa shape index (κ1) is 31.1. The van der Waals surface area contributed by atoms with E-state index in [0.717, 1.165) is 17.4 Å². The van der Waals surface area contributed by atoms with Gasteiger partial charge in [-0.3, -0.25) is 19.8 Å². The molecule has 2 aromatic rings. The van der Waals surface area contributed by atoms with Gasteiger partial charge in [0.05, 0.1) is 4.90 Å². The van der Waals surface area contributed by atoms with Crippen molar-refractivity contribution >= 4 is 33.4 Å². The molecule has 1 heterocycles. The van der Waals surface area contributed by atoms with Crippen LogP contribution in [0.1, 0.15) is 44.1 Å². The molecule has 1 saturated carbocycles. The SMILES string of the molecule is O=C(NS(=O)(=O)c1ccc(N[C@H](CCN2CC(F)C2)CSc2ccc(F)cc2)c(C[N+](=O)[O-])c1)C1(F)CCCCC1. The van der Waals surface area contributed by atoms with Crippen molar-refractivity contribution in [2.24, 2.45) is 0 Å². The second-order valence-corrected chi connectivity index (χ2v) is 13.3. The number of sulfonamides is 1. The maximum Gasteiger partial charge on any atom is 0.271 e. The molecule has 0 spiro atoms. The number of alkyl halides is 2. The average Bonchev–Trinajstić information content (AvgIpc) is 2.90.